The van der Waals surface area contributed by atoms with Crippen molar-refractivity contribution in [2.75, 3.05) is 45.2 Å². The van der Waals surface area contributed by atoms with Gasteiger partial charge in [-0.25, -0.2) is 0 Å². The van der Waals surface area contributed by atoms with Crippen molar-refractivity contribution in [1.82, 2.24) is 10.6 Å². The molecule has 150 valence electrons. The molecule has 2 heterocycles. The molecule has 2 aliphatic heterocycles. The molecule has 0 aromatic heterocycles. The van der Waals surface area contributed by atoms with Crippen LogP contribution in [0.3, 0.4) is 0 Å². The SMILES string of the molecule is CCNC(=NCC1(SCC)CCOCC1)NCCc1ccc2c(c1)CCO2. The zero-order valence-corrected chi connectivity index (χ0v) is 17.5. The van der Waals surface area contributed by atoms with E-state index >= 15 is 0 Å². The van der Waals surface area contributed by atoms with Gasteiger partial charge < -0.3 is 20.1 Å². The van der Waals surface area contributed by atoms with Gasteiger partial charge in [-0.2, -0.15) is 11.8 Å². The van der Waals surface area contributed by atoms with Crippen LogP contribution in [-0.4, -0.2) is 55.9 Å². The maximum Gasteiger partial charge on any atom is 0.191 e. The van der Waals surface area contributed by atoms with Crippen molar-refractivity contribution in [3.63, 3.8) is 0 Å². The number of nitrogens with one attached hydrogen (secondary N) is 2. The number of thioether (sulfide) groups is 1. The van der Waals surface area contributed by atoms with E-state index < -0.39 is 0 Å². The minimum Gasteiger partial charge on any atom is -0.493 e. The van der Waals surface area contributed by atoms with Crippen LogP contribution in [0, 0.1) is 0 Å². The summed E-state index contributed by atoms with van der Waals surface area (Å²) in [5, 5.41) is 6.89. The number of guanidine groups is 1. The summed E-state index contributed by atoms with van der Waals surface area (Å²) in [6.45, 7) is 9.47. The second kappa shape index (κ2) is 10.2. The third kappa shape index (κ3) is 5.79. The number of aliphatic imine (C=N–C) groups is 1. The molecule has 0 amide bonds. The van der Waals surface area contributed by atoms with Crippen molar-refractivity contribution in [2.24, 2.45) is 4.99 Å². The van der Waals surface area contributed by atoms with Crippen LogP contribution in [0.5, 0.6) is 5.75 Å². The summed E-state index contributed by atoms with van der Waals surface area (Å²) in [6, 6.07) is 6.56. The first-order valence-electron chi connectivity index (χ1n) is 10.2. The molecule has 27 heavy (non-hydrogen) atoms. The minimum atomic E-state index is 0.231. The van der Waals surface area contributed by atoms with Gasteiger partial charge in [0.05, 0.1) is 13.2 Å². The number of nitrogens with zero attached hydrogens (tertiary/aromatic N) is 1. The number of ether oxygens (including phenoxy) is 2. The predicted molar refractivity (Wildman–Crippen MR) is 114 cm³/mol. The molecular weight excluding hydrogens is 358 g/mol. The summed E-state index contributed by atoms with van der Waals surface area (Å²) in [6.07, 6.45) is 4.19. The van der Waals surface area contributed by atoms with Crippen LogP contribution in [0.2, 0.25) is 0 Å². The van der Waals surface area contributed by atoms with Crippen LogP contribution < -0.4 is 15.4 Å². The second-order valence-corrected chi connectivity index (χ2v) is 8.87. The van der Waals surface area contributed by atoms with Crippen LogP contribution in [0.15, 0.2) is 23.2 Å². The van der Waals surface area contributed by atoms with Crippen molar-refractivity contribution in [3.05, 3.63) is 29.3 Å². The van der Waals surface area contributed by atoms with Gasteiger partial charge >= 0.3 is 0 Å². The Labute approximate surface area is 167 Å². The highest BCUT2D eigenvalue weighted by Gasteiger charge is 2.32. The second-order valence-electron chi connectivity index (χ2n) is 7.14. The van der Waals surface area contributed by atoms with Crippen molar-refractivity contribution >= 4 is 17.7 Å². The third-order valence-electron chi connectivity index (χ3n) is 5.18. The fraction of sp³-hybridized carbons (Fsp3) is 0.667. The van der Waals surface area contributed by atoms with Crippen molar-refractivity contribution in [1.29, 1.82) is 0 Å². The highest BCUT2D eigenvalue weighted by molar-refractivity contribution is 8.00. The Hall–Kier alpha value is -1.40. The van der Waals surface area contributed by atoms with Gasteiger partial charge in [-0.05, 0) is 49.1 Å². The van der Waals surface area contributed by atoms with Crippen LogP contribution in [0.4, 0.5) is 0 Å². The molecular formula is C21H33N3O2S. The summed E-state index contributed by atoms with van der Waals surface area (Å²) in [4.78, 5) is 4.91. The first-order chi connectivity index (χ1) is 13.2. The van der Waals surface area contributed by atoms with E-state index in [0.29, 0.717) is 0 Å². The number of hydrogen-bond donors (Lipinski definition) is 2. The number of rotatable bonds is 8. The Bertz CT molecular complexity index is 624. The van der Waals surface area contributed by atoms with Crippen molar-refractivity contribution < 1.29 is 9.47 Å². The minimum absolute atomic E-state index is 0.231. The Morgan fingerprint density at radius 2 is 2.04 bits per heavy atom. The summed E-state index contributed by atoms with van der Waals surface area (Å²) >= 11 is 2.04. The summed E-state index contributed by atoms with van der Waals surface area (Å²) < 4.78 is 11.4. The molecule has 0 atom stereocenters. The average molecular weight is 392 g/mol. The van der Waals surface area contributed by atoms with Gasteiger partial charge in [0.25, 0.3) is 0 Å². The van der Waals surface area contributed by atoms with E-state index in [0.717, 1.165) is 82.6 Å². The van der Waals surface area contributed by atoms with E-state index in [1.54, 1.807) is 0 Å². The standard InChI is InChI=1S/C21H33N3O2S/c1-3-22-20(24-16-21(27-4-2)9-13-25-14-10-21)23-11-7-17-5-6-19-18(15-17)8-12-26-19/h5-6,15H,3-4,7-14,16H2,1-2H3,(H2,22,23,24). The zero-order valence-electron chi connectivity index (χ0n) is 16.7. The lowest BCUT2D eigenvalue weighted by Crippen LogP contribution is -2.41. The monoisotopic (exact) mass is 391 g/mol. The Morgan fingerprint density at radius 3 is 2.81 bits per heavy atom. The third-order valence-corrected chi connectivity index (χ3v) is 6.62. The molecule has 6 heteroatoms. The molecule has 0 aliphatic carbocycles. The molecule has 1 saturated heterocycles. The zero-order chi connectivity index (χ0) is 19.0. The molecule has 1 aromatic rings. The molecule has 1 aromatic carbocycles. The van der Waals surface area contributed by atoms with Crippen LogP contribution >= 0.6 is 11.8 Å². The average Bonchev–Trinajstić information content (AvgIpc) is 3.15. The van der Waals surface area contributed by atoms with Gasteiger partial charge in [0, 0.05) is 37.5 Å². The number of benzene rings is 1. The van der Waals surface area contributed by atoms with Crippen LogP contribution in [-0.2, 0) is 17.6 Å². The fourth-order valence-electron chi connectivity index (χ4n) is 3.68. The molecule has 0 bridgehead atoms. The molecule has 0 unspecified atom stereocenters. The lowest BCUT2D eigenvalue weighted by molar-refractivity contribution is 0.0793. The van der Waals surface area contributed by atoms with E-state index in [-0.39, 0.29) is 4.75 Å². The Morgan fingerprint density at radius 1 is 1.19 bits per heavy atom. The van der Waals surface area contributed by atoms with Gasteiger partial charge in [-0.1, -0.05) is 19.1 Å². The van der Waals surface area contributed by atoms with E-state index in [2.05, 4.69) is 42.7 Å². The van der Waals surface area contributed by atoms with Crippen LogP contribution in [0.1, 0.15) is 37.8 Å². The molecule has 0 radical (unpaired) electrons. The summed E-state index contributed by atoms with van der Waals surface area (Å²) in [5.74, 6) is 3.10. The van der Waals surface area contributed by atoms with E-state index in [4.69, 9.17) is 14.5 Å². The summed E-state index contributed by atoms with van der Waals surface area (Å²) in [5.41, 5.74) is 2.69. The highest BCUT2D eigenvalue weighted by atomic mass is 32.2. The molecule has 2 aliphatic rings. The van der Waals surface area contributed by atoms with Crippen molar-refractivity contribution in [2.45, 2.75) is 44.3 Å². The van der Waals surface area contributed by atoms with Gasteiger partial charge in [-0.15, -0.1) is 0 Å². The van der Waals surface area contributed by atoms with E-state index in [1.165, 1.54) is 11.1 Å². The normalized spacial score (nSPS) is 18.7. The van der Waals surface area contributed by atoms with Gasteiger partial charge in [0.2, 0.25) is 0 Å². The first-order valence-corrected chi connectivity index (χ1v) is 11.2. The smallest absolute Gasteiger partial charge is 0.191 e. The topological polar surface area (TPSA) is 54.9 Å². The van der Waals surface area contributed by atoms with Crippen LogP contribution in [0.25, 0.3) is 0 Å². The lowest BCUT2D eigenvalue weighted by Gasteiger charge is -2.35. The lowest BCUT2D eigenvalue weighted by atomic mass is 9.99. The quantitative estimate of drug-likeness (QED) is 0.527. The van der Waals surface area contributed by atoms with Crippen molar-refractivity contribution in [3.8, 4) is 5.75 Å². The van der Waals surface area contributed by atoms with Gasteiger partial charge in [0.1, 0.15) is 5.75 Å². The maximum atomic E-state index is 5.59. The first kappa shape index (κ1) is 20.3. The van der Waals surface area contributed by atoms with Gasteiger partial charge in [0.15, 0.2) is 5.96 Å². The summed E-state index contributed by atoms with van der Waals surface area (Å²) in [7, 11) is 0. The molecule has 1 fully saturated rings. The molecule has 3 rings (SSSR count). The maximum absolute atomic E-state index is 5.59. The molecule has 5 nitrogen and oxygen atoms in total. The number of fused-ring (bicyclic) bond motifs is 1. The molecule has 2 N–H and O–H groups in total. The van der Waals surface area contributed by atoms with E-state index in [9.17, 15) is 0 Å². The Balaban J connectivity index is 1.54. The Kier molecular flexibility index (Phi) is 7.70. The van der Waals surface area contributed by atoms with Gasteiger partial charge in [-0.3, -0.25) is 4.99 Å². The highest BCUT2D eigenvalue weighted by Crippen LogP contribution is 2.35. The largest absolute Gasteiger partial charge is 0.493 e. The molecule has 0 spiro atoms. The number of hydrogen-bond acceptors (Lipinski definition) is 4. The fourth-order valence-corrected chi connectivity index (χ4v) is 4.91. The predicted octanol–water partition coefficient (Wildman–Crippen LogP) is 3.02. The van der Waals surface area contributed by atoms with E-state index in [1.807, 2.05) is 11.8 Å². The molecule has 0 saturated carbocycles.